The van der Waals surface area contributed by atoms with Gasteiger partial charge in [-0.3, -0.25) is 14.9 Å². The predicted molar refractivity (Wildman–Crippen MR) is 70.0 cm³/mol. The molecule has 0 aliphatic rings. The largest absolute Gasteiger partial charge is 0.493 e. The van der Waals surface area contributed by atoms with Gasteiger partial charge in [0.05, 0.1) is 29.8 Å². The maximum Gasteiger partial charge on any atom is 0.283 e. The Morgan fingerprint density at radius 2 is 1.95 bits per heavy atom. The molecule has 0 aromatic heterocycles. The number of benzene rings is 1. The van der Waals surface area contributed by atoms with E-state index in [0.717, 1.165) is 12.8 Å². The first-order valence-corrected chi connectivity index (χ1v) is 6.05. The number of carbonyl (C=O) groups is 1. The molecule has 1 aromatic rings. The van der Waals surface area contributed by atoms with Gasteiger partial charge in [-0.2, -0.15) is 0 Å². The van der Waals surface area contributed by atoms with Gasteiger partial charge < -0.3 is 9.47 Å². The van der Waals surface area contributed by atoms with Crippen molar-refractivity contribution in [2.75, 3.05) is 7.11 Å². The number of hydrogen-bond acceptors (Lipinski definition) is 5. The van der Waals surface area contributed by atoms with E-state index in [2.05, 4.69) is 0 Å². The Hall–Kier alpha value is -2.11. The third-order valence-electron chi connectivity index (χ3n) is 2.84. The van der Waals surface area contributed by atoms with Crippen LogP contribution in [0.4, 0.5) is 5.69 Å². The van der Waals surface area contributed by atoms with E-state index in [4.69, 9.17) is 9.47 Å². The van der Waals surface area contributed by atoms with Gasteiger partial charge in [0.25, 0.3) is 5.69 Å². The minimum atomic E-state index is -0.608. The Morgan fingerprint density at radius 3 is 2.37 bits per heavy atom. The van der Waals surface area contributed by atoms with Gasteiger partial charge in [-0.05, 0) is 12.8 Å². The van der Waals surface area contributed by atoms with E-state index >= 15 is 0 Å². The van der Waals surface area contributed by atoms with Crippen molar-refractivity contribution < 1.29 is 19.2 Å². The number of nitrogens with zero attached hydrogens (tertiary/aromatic N) is 1. The lowest BCUT2D eigenvalue weighted by Crippen LogP contribution is -2.14. The van der Waals surface area contributed by atoms with E-state index in [1.165, 1.54) is 19.2 Å². The second-order valence-electron chi connectivity index (χ2n) is 3.99. The highest BCUT2D eigenvalue weighted by molar-refractivity contribution is 5.83. The smallest absolute Gasteiger partial charge is 0.283 e. The van der Waals surface area contributed by atoms with Crippen molar-refractivity contribution in [2.45, 2.75) is 32.8 Å². The van der Waals surface area contributed by atoms with Crippen LogP contribution in [0.2, 0.25) is 0 Å². The summed E-state index contributed by atoms with van der Waals surface area (Å²) in [4.78, 5) is 21.1. The van der Waals surface area contributed by atoms with Crippen LogP contribution >= 0.6 is 0 Å². The van der Waals surface area contributed by atoms with E-state index in [-0.39, 0.29) is 23.1 Å². The van der Waals surface area contributed by atoms with Crippen molar-refractivity contribution in [3.63, 3.8) is 0 Å². The summed E-state index contributed by atoms with van der Waals surface area (Å²) >= 11 is 0. The summed E-state index contributed by atoms with van der Waals surface area (Å²) in [6.07, 6.45) is 1.95. The fourth-order valence-corrected chi connectivity index (χ4v) is 1.70. The molecule has 0 saturated heterocycles. The molecule has 0 N–H and O–H groups in total. The summed E-state index contributed by atoms with van der Waals surface area (Å²) in [5, 5.41) is 10.9. The summed E-state index contributed by atoms with van der Waals surface area (Å²) in [6.45, 7) is 3.93. The monoisotopic (exact) mass is 267 g/mol. The number of rotatable bonds is 7. The summed E-state index contributed by atoms with van der Waals surface area (Å²) in [5.74, 6) is 0.605. The van der Waals surface area contributed by atoms with Gasteiger partial charge in [0, 0.05) is 6.07 Å². The third kappa shape index (κ3) is 3.43. The number of ether oxygens (including phenoxy) is 2. The maximum absolute atomic E-state index is 10.9. The molecule has 0 bridgehead atoms. The molecule has 0 spiro atoms. The number of aldehydes is 1. The standard InChI is InChI=1S/C13H17NO5/c1-4-10(5-2)19-13-7-11(14(16)17)9(8-15)6-12(13)18-3/h6-8,10H,4-5H2,1-3H3. The van der Waals surface area contributed by atoms with Crippen LogP contribution < -0.4 is 9.47 Å². The Bertz CT molecular complexity index is 468. The van der Waals surface area contributed by atoms with Crippen LogP contribution in [-0.2, 0) is 0 Å². The lowest BCUT2D eigenvalue weighted by molar-refractivity contribution is -0.385. The molecule has 0 atom stereocenters. The molecule has 0 aliphatic carbocycles. The van der Waals surface area contributed by atoms with Crippen molar-refractivity contribution in [2.24, 2.45) is 0 Å². The Morgan fingerprint density at radius 1 is 1.32 bits per heavy atom. The molecule has 0 amide bonds. The van der Waals surface area contributed by atoms with Gasteiger partial charge in [0.2, 0.25) is 0 Å². The third-order valence-corrected chi connectivity index (χ3v) is 2.84. The zero-order chi connectivity index (χ0) is 14.4. The first-order valence-electron chi connectivity index (χ1n) is 6.05. The molecule has 104 valence electrons. The molecule has 6 heteroatoms. The fraction of sp³-hybridized carbons (Fsp3) is 0.462. The minimum Gasteiger partial charge on any atom is -0.493 e. The zero-order valence-corrected chi connectivity index (χ0v) is 11.2. The summed E-state index contributed by atoms with van der Waals surface area (Å²) < 4.78 is 10.8. The van der Waals surface area contributed by atoms with Gasteiger partial charge in [0.15, 0.2) is 17.8 Å². The first kappa shape index (κ1) is 14.9. The zero-order valence-electron chi connectivity index (χ0n) is 11.2. The van der Waals surface area contributed by atoms with Gasteiger partial charge in [-0.25, -0.2) is 0 Å². The number of carbonyl (C=O) groups excluding carboxylic acids is 1. The molecular formula is C13H17NO5. The van der Waals surface area contributed by atoms with Crippen molar-refractivity contribution in [3.8, 4) is 11.5 Å². The van der Waals surface area contributed by atoms with E-state index < -0.39 is 4.92 Å². The predicted octanol–water partition coefficient (Wildman–Crippen LogP) is 2.98. The van der Waals surface area contributed by atoms with Crippen molar-refractivity contribution >= 4 is 12.0 Å². The van der Waals surface area contributed by atoms with E-state index in [1.54, 1.807) is 0 Å². The molecule has 0 fully saturated rings. The summed E-state index contributed by atoms with van der Waals surface area (Å²) in [7, 11) is 1.43. The van der Waals surface area contributed by atoms with Crippen LogP contribution in [0.3, 0.4) is 0 Å². The van der Waals surface area contributed by atoms with E-state index in [0.29, 0.717) is 12.0 Å². The highest BCUT2D eigenvalue weighted by Crippen LogP contribution is 2.35. The summed E-state index contributed by atoms with van der Waals surface area (Å²) in [5.41, 5.74) is -0.310. The molecule has 0 radical (unpaired) electrons. The van der Waals surface area contributed by atoms with Gasteiger partial charge in [-0.15, -0.1) is 0 Å². The number of nitro groups is 1. The van der Waals surface area contributed by atoms with Crippen molar-refractivity contribution in [1.29, 1.82) is 0 Å². The normalized spacial score (nSPS) is 10.3. The van der Waals surface area contributed by atoms with Gasteiger partial charge in [0.1, 0.15) is 0 Å². The van der Waals surface area contributed by atoms with Crippen LogP contribution in [-0.4, -0.2) is 24.4 Å². The molecule has 0 saturated carbocycles. The average molecular weight is 267 g/mol. The number of nitro benzene ring substituents is 1. The highest BCUT2D eigenvalue weighted by atomic mass is 16.6. The lowest BCUT2D eigenvalue weighted by Gasteiger charge is -2.17. The second kappa shape index (κ2) is 6.72. The average Bonchev–Trinajstić information content (AvgIpc) is 2.43. The Balaban J connectivity index is 3.25. The van der Waals surface area contributed by atoms with E-state index in [1.807, 2.05) is 13.8 Å². The molecule has 19 heavy (non-hydrogen) atoms. The first-order chi connectivity index (χ1) is 9.07. The molecule has 0 heterocycles. The Labute approximate surface area is 111 Å². The maximum atomic E-state index is 10.9. The summed E-state index contributed by atoms with van der Waals surface area (Å²) in [6, 6.07) is 2.56. The van der Waals surface area contributed by atoms with Crippen molar-refractivity contribution in [3.05, 3.63) is 27.8 Å². The minimum absolute atomic E-state index is 0.0289. The number of hydrogen-bond donors (Lipinski definition) is 0. The molecule has 6 nitrogen and oxygen atoms in total. The van der Waals surface area contributed by atoms with Crippen LogP contribution in [0, 0.1) is 10.1 Å². The van der Waals surface area contributed by atoms with Gasteiger partial charge >= 0.3 is 0 Å². The molecule has 0 aliphatic heterocycles. The SMILES string of the molecule is CCC(CC)Oc1cc([N+](=O)[O-])c(C=O)cc1OC. The topological polar surface area (TPSA) is 78.7 Å². The van der Waals surface area contributed by atoms with Crippen molar-refractivity contribution in [1.82, 2.24) is 0 Å². The van der Waals surface area contributed by atoms with E-state index in [9.17, 15) is 14.9 Å². The molecular weight excluding hydrogens is 250 g/mol. The molecule has 1 aromatic carbocycles. The second-order valence-corrected chi connectivity index (χ2v) is 3.99. The fourth-order valence-electron chi connectivity index (χ4n) is 1.70. The highest BCUT2D eigenvalue weighted by Gasteiger charge is 2.20. The van der Waals surface area contributed by atoms with Gasteiger partial charge in [-0.1, -0.05) is 13.8 Å². The van der Waals surface area contributed by atoms with Crippen LogP contribution in [0.25, 0.3) is 0 Å². The number of methoxy groups -OCH3 is 1. The van der Waals surface area contributed by atoms with Crippen LogP contribution in [0.5, 0.6) is 11.5 Å². The Kier molecular flexibility index (Phi) is 5.29. The molecule has 0 unspecified atom stereocenters. The quantitative estimate of drug-likeness (QED) is 0.431. The lowest BCUT2D eigenvalue weighted by atomic mass is 10.1. The molecule has 1 rings (SSSR count). The van der Waals surface area contributed by atoms with Crippen LogP contribution in [0.15, 0.2) is 12.1 Å². The van der Waals surface area contributed by atoms with Crippen LogP contribution in [0.1, 0.15) is 37.0 Å².